The molecule has 0 amide bonds. The van der Waals surface area contributed by atoms with E-state index < -0.39 is 22.9 Å². The van der Waals surface area contributed by atoms with Crippen LogP contribution in [0.1, 0.15) is 25.8 Å². The topological polar surface area (TPSA) is 82.1 Å². The Bertz CT molecular complexity index is 790. The van der Waals surface area contributed by atoms with E-state index in [1.54, 1.807) is 20.9 Å². The zero-order valence-electron chi connectivity index (χ0n) is 11.9. The molecule has 9 heteroatoms. The van der Waals surface area contributed by atoms with Crippen LogP contribution in [0.3, 0.4) is 0 Å². The molecular weight excluding hydrogens is 364 g/mol. The van der Waals surface area contributed by atoms with Crippen LogP contribution in [0.2, 0.25) is 0 Å². The van der Waals surface area contributed by atoms with Crippen molar-refractivity contribution in [1.29, 1.82) is 0 Å². The average molecular weight is 380 g/mol. The number of nitrogens with zero attached hydrogens (tertiary/aromatic N) is 4. The first kappa shape index (κ1) is 16.3. The molecule has 0 aliphatic carbocycles. The molecule has 1 N–H and O–H groups in total. The Kier molecular flexibility index (Phi) is 4.60. The summed E-state index contributed by atoms with van der Waals surface area (Å²) in [5.41, 5.74) is -0.887. The molecule has 7 nitrogen and oxygen atoms in total. The van der Waals surface area contributed by atoms with Crippen molar-refractivity contribution in [1.82, 2.24) is 18.7 Å². The molecule has 0 fully saturated rings. The van der Waals surface area contributed by atoms with Gasteiger partial charge in [-0.1, -0.05) is 11.6 Å². The normalized spacial score (nSPS) is 14.6. The van der Waals surface area contributed by atoms with Gasteiger partial charge >= 0.3 is 5.69 Å². The summed E-state index contributed by atoms with van der Waals surface area (Å²) in [6.07, 6.45) is -0.284. The first-order chi connectivity index (χ1) is 9.75. The second-order valence-electron chi connectivity index (χ2n) is 4.93. The average Bonchev–Trinajstić information content (AvgIpc) is 2.73. The summed E-state index contributed by atoms with van der Waals surface area (Å²) in [6.45, 7) is 3.45. The van der Waals surface area contributed by atoms with Crippen LogP contribution in [0.25, 0.3) is 11.2 Å². The lowest BCUT2D eigenvalue weighted by Gasteiger charge is -2.11. The van der Waals surface area contributed by atoms with E-state index >= 15 is 0 Å². The number of aryl methyl sites for hydroxylation is 1. The number of rotatable bonds is 4. The Morgan fingerprint density at radius 1 is 1.38 bits per heavy atom. The van der Waals surface area contributed by atoms with E-state index in [2.05, 4.69) is 20.9 Å². The van der Waals surface area contributed by atoms with E-state index in [-0.39, 0.29) is 17.7 Å². The fraction of sp³-hybridized carbons (Fsp3) is 0.583. The number of halogens is 2. The van der Waals surface area contributed by atoms with E-state index in [1.165, 1.54) is 9.13 Å². The highest BCUT2D eigenvalue weighted by Gasteiger charge is 2.21. The number of hydrogen-bond acceptors (Lipinski definition) is 4. The van der Waals surface area contributed by atoms with Crippen LogP contribution >= 0.6 is 27.5 Å². The Morgan fingerprint density at radius 2 is 2.00 bits per heavy atom. The van der Waals surface area contributed by atoms with Gasteiger partial charge in [0, 0.05) is 13.6 Å². The Balaban J connectivity index is 2.81. The van der Waals surface area contributed by atoms with Gasteiger partial charge in [-0.25, -0.2) is 9.78 Å². The number of alkyl halides is 1. The minimum absolute atomic E-state index is 0.137. The van der Waals surface area contributed by atoms with Gasteiger partial charge in [0.1, 0.15) is 5.50 Å². The molecule has 0 spiro atoms. The van der Waals surface area contributed by atoms with Gasteiger partial charge < -0.3 is 5.11 Å². The molecule has 0 radical (unpaired) electrons. The molecular formula is C12H16BrClN4O3. The molecule has 2 heterocycles. The van der Waals surface area contributed by atoms with Gasteiger partial charge in [0.05, 0.1) is 6.10 Å². The van der Waals surface area contributed by atoms with Crippen LogP contribution in [0, 0.1) is 0 Å². The molecule has 2 aromatic rings. The molecule has 2 atom stereocenters. The molecule has 21 heavy (non-hydrogen) atoms. The van der Waals surface area contributed by atoms with Crippen LogP contribution in [0.4, 0.5) is 0 Å². The highest BCUT2D eigenvalue weighted by Crippen LogP contribution is 2.23. The third-order valence-electron chi connectivity index (χ3n) is 3.26. The van der Waals surface area contributed by atoms with E-state index in [1.807, 2.05) is 0 Å². The Labute approximate surface area is 133 Å². The summed E-state index contributed by atoms with van der Waals surface area (Å²) in [7, 11) is 1.55. The highest BCUT2D eigenvalue weighted by atomic mass is 79.9. The number of fused-ring (bicyclic) bond motifs is 1. The summed E-state index contributed by atoms with van der Waals surface area (Å²) < 4.78 is 4.32. The maximum atomic E-state index is 12.6. The molecule has 116 valence electrons. The van der Waals surface area contributed by atoms with Gasteiger partial charge in [0.2, 0.25) is 0 Å². The predicted octanol–water partition coefficient (Wildman–Crippen LogP) is 1.19. The first-order valence-electron chi connectivity index (χ1n) is 6.45. The number of imidazole rings is 1. The van der Waals surface area contributed by atoms with Crippen LogP contribution in [0.15, 0.2) is 14.3 Å². The van der Waals surface area contributed by atoms with Crippen molar-refractivity contribution in [3.63, 3.8) is 0 Å². The maximum Gasteiger partial charge on any atom is 0.332 e. The zero-order chi connectivity index (χ0) is 15.9. The van der Waals surface area contributed by atoms with Crippen LogP contribution < -0.4 is 11.2 Å². The van der Waals surface area contributed by atoms with Crippen molar-refractivity contribution < 1.29 is 5.11 Å². The van der Waals surface area contributed by atoms with E-state index in [0.29, 0.717) is 11.2 Å². The molecule has 0 aliphatic heterocycles. The first-order valence-corrected chi connectivity index (χ1v) is 7.68. The third-order valence-corrected chi connectivity index (χ3v) is 4.01. The lowest BCUT2D eigenvalue weighted by atomic mass is 10.3. The SMILES string of the molecule is CC(O)CCn1c(=O)c2c(nc(Br)n2C(C)Cl)n(C)c1=O. The van der Waals surface area contributed by atoms with Crippen molar-refractivity contribution in [2.75, 3.05) is 0 Å². The van der Waals surface area contributed by atoms with Crippen molar-refractivity contribution in [2.45, 2.75) is 38.4 Å². The van der Waals surface area contributed by atoms with Crippen LogP contribution in [0.5, 0.6) is 0 Å². The Hall–Kier alpha value is -1.12. The van der Waals surface area contributed by atoms with Crippen LogP contribution in [-0.4, -0.2) is 29.9 Å². The lowest BCUT2D eigenvalue weighted by Crippen LogP contribution is -2.40. The second kappa shape index (κ2) is 5.94. The standard InChI is InChI=1S/C12H16BrClN4O3/c1-6(19)4-5-17-10(20)8-9(16(3)12(17)21)15-11(13)18(8)7(2)14/h6-7,19H,4-5H2,1-3H3. The van der Waals surface area contributed by atoms with E-state index in [0.717, 1.165) is 4.57 Å². The molecule has 2 rings (SSSR count). The molecule has 0 saturated carbocycles. The van der Waals surface area contributed by atoms with E-state index in [9.17, 15) is 14.7 Å². The van der Waals surface area contributed by atoms with Gasteiger partial charge in [-0.15, -0.1) is 0 Å². The lowest BCUT2D eigenvalue weighted by molar-refractivity contribution is 0.176. The minimum Gasteiger partial charge on any atom is -0.393 e. The van der Waals surface area contributed by atoms with Gasteiger partial charge in [0.25, 0.3) is 5.56 Å². The van der Waals surface area contributed by atoms with Gasteiger partial charge in [-0.05, 0) is 36.2 Å². The van der Waals surface area contributed by atoms with Crippen molar-refractivity contribution in [3.05, 3.63) is 25.6 Å². The fourth-order valence-electron chi connectivity index (χ4n) is 2.15. The van der Waals surface area contributed by atoms with Crippen molar-refractivity contribution >= 4 is 38.7 Å². The zero-order valence-corrected chi connectivity index (χ0v) is 14.2. The molecule has 0 aromatic carbocycles. The molecule has 2 aromatic heterocycles. The Morgan fingerprint density at radius 3 is 2.52 bits per heavy atom. The summed E-state index contributed by atoms with van der Waals surface area (Å²) in [5, 5.41) is 9.35. The summed E-state index contributed by atoms with van der Waals surface area (Å²) in [5.74, 6) is 0. The van der Waals surface area contributed by atoms with Crippen molar-refractivity contribution in [2.24, 2.45) is 7.05 Å². The third kappa shape index (κ3) is 2.79. The molecule has 2 unspecified atom stereocenters. The smallest absolute Gasteiger partial charge is 0.332 e. The van der Waals surface area contributed by atoms with Gasteiger partial charge in [-0.2, -0.15) is 0 Å². The minimum atomic E-state index is -0.596. The number of hydrogen-bond donors (Lipinski definition) is 1. The largest absolute Gasteiger partial charge is 0.393 e. The maximum absolute atomic E-state index is 12.6. The summed E-state index contributed by atoms with van der Waals surface area (Å²) in [4.78, 5) is 29.0. The fourth-order valence-corrected chi connectivity index (χ4v) is 3.11. The summed E-state index contributed by atoms with van der Waals surface area (Å²) >= 11 is 9.34. The molecule has 0 aliphatic rings. The highest BCUT2D eigenvalue weighted by molar-refractivity contribution is 9.10. The predicted molar refractivity (Wildman–Crippen MR) is 83.8 cm³/mol. The molecule has 0 bridgehead atoms. The van der Waals surface area contributed by atoms with Gasteiger partial charge in [-0.3, -0.25) is 18.5 Å². The monoisotopic (exact) mass is 378 g/mol. The number of aromatic nitrogens is 4. The summed E-state index contributed by atoms with van der Waals surface area (Å²) in [6, 6.07) is 0. The second-order valence-corrected chi connectivity index (χ2v) is 6.27. The van der Waals surface area contributed by atoms with Crippen LogP contribution in [-0.2, 0) is 13.6 Å². The number of aliphatic hydroxyl groups excluding tert-OH is 1. The number of aliphatic hydroxyl groups is 1. The van der Waals surface area contributed by atoms with Crippen molar-refractivity contribution in [3.8, 4) is 0 Å². The molecule has 0 saturated heterocycles. The van der Waals surface area contributed by atoms with E-state index in [4.69, 9.17) is 11.6 Å². The quantitative estimate of drug-likeness (QED) is 0.639. The van der Waals surface area contributed by atoms with Gasteiger partial charge in [0.15, 0.2) is 15.9 Å².